The van der Waals surface area contributed by atoms with Crippen LogP contribution in [0, 0.1) is 18.6 Å². The summed E-state index contributed by atoms with van der Waals surface area (Å²) in [5.41, 5.74) is 1.42. The van der Waals surface area contributed by atoms with E-state index in [-0.39, 0.29) is 35.4 Å². The van der Waals surface area contributed by atoms with Gasteiger partial charge in [0.15, 0.2) is 0 Å². The van der Waals surface area contributed by atoms with Crippen LogP contribution in [0.15, 0.2) is 70.0 Å². The van der Waals surface area contributed by atoms with Crippen molar-refractivity contribution < 1.29 is 18.0 Å². The summed E-state index contributed by atoms with van der Waals surface area (Å²) >= 11 is 0. The summed E-state index contributed by atoms with van der Waals surface area (Å²) in [6.07, 6.45) is 1.57. The van der Waals surface area contributed by atoms with Crippen molar-refractivity contribution in [1.29, 1.82) is 0 Å². The van der Waals surface area contributed by atoms with Gasteiger partial charge >= 0.3 is 0 Å². The predicted octanol–water partition coefficient (Wildman–Crippen LogP) is 4.16. The Morgan fingerprint density at radius 1 is 1.03 bits per heavy atom. The Kier molecular flexibility index (Phi) is 5.18. The van der Waals surface area contributed by atoms with Crippen LogP contribution in [0.3, 0.4) is 0 Å². The zero-order valence-electron chi connectivity index (χ0n) is 16.1. The van der Waals surface area contributed by atoms with Crippen LogP contribution in [-0.4, -0.2) is 10.5 Å². The number of fused-ring (bicyclic) bond motifs is 1. The minimum atomic E-state index is -0.479. The SMILES string of the molecule is Cc1oc2ccn(Cc3ccc(F)cc3)c(=O)c2c1C(=O)NCc1cccc(F)c1. The summed E-state index contributed by atoms with van der Waals surface area (Å²) in [5.74, 6) is -0.912. The number of nitrogens with one attached hydrogen (secondary N) is 1. The van der Waals surface area contributed by atoms with Crippen molar-refractivity contribution in [3.63, 3.8) is 0 Å². The molecule has 4 rings (SSSR count). The first-order chi connectivity index (χ1) is 14.4. The number of amides is 1. The number of furan rings is 1. The van der Waals surface area contributed by atoms with Crippen molar-refractivity contribution in [2.24, 2.45) is 0 Å². The number of carbonyl (C=O) groups excluding carboxylic acids is 1. The fourth-order valence-electron chi connectivity index (χ4n) is 3.37. The van der Waals surface area contributed by atoms with E-state index < -0.39 is 11.7 Å². The van der Waals surface area contributed by atoms with Crippen LogP contribution in [0.1, 0.15) is 27.2 Å². The normalized spacial score (nSPS) is 11.0. The number of carbonyl (C=O) groups is 1. The van der Waals surface area contributed by atoms with Crippen molar-refractivity contribution in [3.8, 4) is 0 Å². The second kappa shape index (κ2) is 7.94. The van der Waals surface area contributed by atoms with Crippen LogP contribution in [-0.2, 0) is 13.1 Å². The van der Waals surface area contributed by atoms with Gasteiger partial charge in [0, 0.05) is 12.7 Å². The standard InChI is InChI=1S/C23H18F2N2O3/c1-14-20(22(28)26-12-16-3-2-4-18(25)11-16)21-19(30-14)9-10-27(23(21)29)13-15-5-7-17(24)8-6-15/h2-11H,12-13H2,1H3,(H,26,28). The Morgan fingerprint density at radius 2 is 1.80 bits per heavy atom. The molecule has 0 radical (unpaired) electrons. The monoisotopic (exact) mass is 408 g/mol. The maximum absolute atomic E-state index is 13.3. The highest BCUT2D eigenvalue weighted by Crippen LogP contribution is 2.23. The highest BCUT2D eigenvalue weighted by atomic mass is 19.1. The zero-order valence-corrected chi connectivity index (χ0v) is 16.1. The molecule has 2 aromatic carbocycles. The number of halogens is 2. The van der Waals surface area contributed by atoms with E-state index in [0.717, 1.165) is 5.56 Å². The van der Waals surface area contributed by atoms with E-state index in [9.17, 15) is 18.4 Å². The predicted molar refractivity (Wildman–Crippen MR) is 108 cm³/mol. The van der Waals surface area contributed by atoms with Crippen molar-refractivity contribution in [2.45, 2.75) is 20.0 Å². The summed E-state index contributed by atoms with van der Waals surface area (Å²) < 4.78 is 33.5. The molecule has 30 heavy (non-hydrogen) atoms. The molecule has 0 fully saturated rings. The molecule has 152 valence electrons. The molecule has 2 heterocycles. The van der Waals surface area contributed by atoms with Gasteiger partial charge in [-0.25, -0.2) is 8.78 Å². The third kappa shape index (κ3) is 3.87. The average molecular weight is 408 g/mol. The number of nitrogens with zero attached hydrogens (tertiary/aromatic N) is 1. The lowest BCUT2D eigenvalue weighted by Crippen LogP contribution is -2.26. The van der Waals surface area contributed by atoms with Gasteiger partial charge in [-0.05, 0) is 48.4 Å². The molecule has 2 aromatic heterocycles. The number of aryl methyl sites for hydroxylation is 1. The van der Waals surface area contributed by atoms with E-state index in [0.29, 0.717) is 16.9 Å². The summed E-state index contributed by atoms with van der Waals surface area (Å²) in [5, 5.41) is 2.88. The van der Waals surface area contributed by atoms with Crippen LogP contribution in [0.5, 0.6) is 0 Å². The molecule has 0 aliphatic heterocycles. The molecule has 1 N–H and O–H groups in total. The molecule has 0 saturated carbocycles. The molecule has 4 aromatic rings. The van der Waals surface area contributed by atoms with Gasteiger partial charge < -0.3 is 14.3 Å². The largest absolute Gasteiger partial charge is 0.460 e. The van der Waals surface area contributed by atoms with Gasteiger partial charge in [0.2, 0.25) is 0 Å². The molecule has 0 spiro atoms. The number of benzene rings is 2. The molecule has 0 aliphatic carbocycles. The maximum Gasteiger partial charge on any atom is 0.262 e. The third-order valence-corrected chi connectivity index (χ3v) is 4.83. The van der Waals surface area contributed by atoms with Crippen LogP contribution < -0.4 is 10.9 Å². The molecule has 0 saturated heterocycles. The lowest BCUT2D eigenvalue weighted by Gasteiger charge is -2.07. The highest BCUT2D eigenvalue weighted by molar-refractivity contribution is 6.06. The number of rotatable bonds is 5. The molecular weight excluding hydrogens is 390 g/mol. The number of aromatic nitrogens is 1. The van der Waals surface area contributed by atoms with E-state index in [1.807, 2.05) is 0 Å². The van der Waals surface area contributed by atoms with Crippen molar-refractivity contribution in [3.05, 3.63) is 105 Å². The molecule has 0 atom stereocenters. The van der Waals surface area contributed by atoms with E-state index in [2.05, 4.69) is 5.32 Å². The van der Waals surface area contributed by atoms with Crippen molar-refractivity contribution >= 4 is 16.9 Å². The number of hydrogen-bond acceptors (Lipinski definition) is 3. The maximum atomic E-state index is 13.3. The summed E-state index contributed by atoms with van der Waals surface area (Å²) in [6.45, 7) is 1.95. The first-order valence-corrected chi connectivity index (χ1v) is 9.32. The zero-order chi connectivity index (χ0) is 21.3. The van der Waals surface area contributed by atoms with Gasteiger partial charge in [-0.3, -0.25) is 9.59 Å². The van der Waals surface area contributed by atoms with Crippen LogP contribution in [0.2, 0.25) is 0 Å². The molecule has 0 unspecified atom stereocenters. The molecule has 5 nitrogen and oxygen atoms in total. The highest BCUT2D eigenvalue weighted by Gasteiger charge is 2.21. The molecular formula is C23H18F2N2O3. The van der Waals surface area contributed by atoms with Gasteiger partial charge in [0.05, 0.1) is 17.5 Å². The second-order valence-electron chi connectivity index (χ2n) is 6.96. The molecule has 1 amide bonds. The van der Waals surface area contributed by atoms with Gasteiger partial charge in [-0.15, -0.1) is 0 Å². The first kappa shape index (κ1) is 19.6. The minimum absolute atomic E-state index is 0.110. The summed E-state index contributed by atoms with van der Waals surface area (Å²) in [4.78, 5) is 25.9. The van der Waals surface area contributed by atoms with Gasteiger partial charge in [0.1, 0.15) is 23.0 Å². The average Bonchev–Trinajstić information content (AvgIpc) is 3.07. The van der Waals surface area contributed by atoms with Crippen molar-refractivity contribution in [2.75, 3.05) is 0 Å². The Hall–Kier alpha value is -3.74. The van der Waals surface area contributed by atoms with Gasteiger partial charge in [-0.2, -0.15) is 0 Å². The van der Waals surface area contributed by atoms with E-state index in [1.54, 1.807) is 43.5 Å². The summed E-state index contributed by atoms with van der Waals surface area (Å²) in [7, 11) is 0. The molecule has 0 bridgehead atoms. The number of pyridine rings is 1. The first-order valence-electron chi connectivity index (χ1n) is 9.32. The number of hydrogen-bond donors (Lipinski definition) is 1. The minimum Gasteiger partial charge on any atom is -0.460 e. The van der Waals surface area contributed by atoms with E-state index >= 15 is 0 Å². The lowest BCUT2D eigenvalue weighted by molar-refractivity contribution is 0.0950. The van der Waals surface area contributed by atoms with Crippen LogP contribution >= 0.6 is 0 Å². The smallest absolute Gasteiger partial charge is 0.262 e. The molecule has 7 heteroatoms. The lowest BCUT2D eigenvalue weighted by atomic mass is 10.1. The topological polar surface area (TPSA) is 64.2 Å². The van der Waals surface area contributed by atoms with E-state index in [1.165, 1.54) is 28.8 Å². The Bertz CT molecular complexity index is 1290. The van der Waals surface area contributed by atoms with Gasteiger partial charge in [-0.1, -0.05) is 24.3 Å². The fraction of sp³-hybridized carbons (Fsp3) is 0.130. The summed E-state index contributed by atoms with van der Waals surface area (Å²) in [6, 6.07) is 13.4. The van der Waals surface area contributed by atoms with Crippen LogP contribution in [0.4, 0.5) is 8.78 Å². The van der Waals surface area contributed by atoms with Gasteiger partial charge in [0.25, 0.3) is 11.5 Å². The third-order valence-electron chi connectivity index (χ3n) is 4.83. The molecule has 0 aliphatic rings. The Morgan fingerprint density at radius 3 is 2.53 bits per heavy atom. The van der Waals surface area contributed by atoms with Crippen LogP contribution in [0.25, 0.3) is 11.0 Å². The van der Waals surface area contributed by atoms with Crippen molar-refractivity contribution in [1.82, 2.24) is 9.88 Å². The second-order valence-corrected chi connectivity index (χ2v) is 6.96. The quantitative estimate of drug-likeness (QED) is 0.539. The fourth-order valence-corrected chi connectivity index (χ4v) is 3.37. The Balaban J connectivity index is 1.65. The Labute approximate surface area is 170 Å². The van der Waals surface area contributed by atoms with E-state index in [4.69, 9.17) is 4.42 Å².